The molecule has 2 unspecified atom stereocenters. The Morgan fingerprint density at radius 1 is 1.53 bits per heavy atom. The lowest BCUT2D eigenvalue weighted by Gasteiger charge is -2.28. The highest BCUT2D eigenvalue weighted by Crippen LogP contribution is 2.20. The van der Waals surface area contributed by atoms with Crippen molar-refractivity contribution in [3.63, 3.8) is 0 Å². The Hall–Kier alpha value is -0.710. The number of amidine groups is 1. The van der Waals surface area contributed by atoms with E-state index in [2.05, 4.69) is 29.5 Å². The lowest BCUT2D eigenvalue weighted by Crippen LogP contribution is -2.41. The SMILES string of the molecule is CC1CSC(=NCCC(=O)NC2CC2)NC1C. The number of carbonyl (C=O) groups is 1. The van der Waals surface area contributed by atoms with E-state index in [1.54, 1.807) is 11.8 Å². The molecule has 1 saturated heterocycles. The van der Waals surface area contributed by atoms with Crippen molar-refractivity contribution >= 4 is 22.8 Å². The second-order valence-electron chi connectivity index (χ2n) is 5.00. The van der Waals surface area contributed by atoms with Crippen LogP contribution in [0.3, 0.4) is 0 Å². The fourth-order valence-corrected chi connectivity index (χ4v) is 2.77. The van der Waals surface area contributed by atoms with Gasteiger partial charge >= 0.3 is 0 Å². The number of rotatable bonds is 4. The fraction of sp³-hybridized carbons (Fsp3) is 0.833. The molecule has 0 aromatic heterocycles. The highest BCUT2D eigenvalue weighted by atomic mass is 32.2. The smallest absolute Gasteiger partial charge is 0.222 e. The van der Waals surface area contributed by atoms with Crippen LogP contribution >= 0.6 is 11.8 Å². The summed E-state index contributed by atoms with van der Waals surface area (Å²) in [6.07, 6.45) is 2.80. The minimum absolute atomic E-state index is 0.138. The molecule has 1 amide bonds. The summed E-state index contributed by atoms with van der Waals surface area (Å²) in [7, 11) is 0. The van der Waals surface area contributed by atoms with Crippen molar-refractivity contribution < 1.29 is 4.79 Å². The normalized spacial score (nSPS) is 31.1. The maximum Gasteiger partial charge on any atom is 0.222 e. The van der Waals surface area contributed by atoms with Crippen LogP contribution in [0.15, 0.2) is 4.99 Å². The van der Waals surface area contributed by atoms with Crippen LogP contribution in [-0.2, 0) is 4.79 Å². The van der Waals surface area contributed by atoms with Gasteiger partial charge in [0.1, 0.15) is 0 Å². The number of nitrogens with zero attached hydrogens (tertiary/aromatic N) is 1. The molecule has 2 rings (SSSR count). The average Bonchev–Trinajstić information content (AvgIpc) is 3.07. The molecule has 5 heteroatoms. The van der Waals surface area contributed by atoms with Gasteiger partial charge in [0.05, 0.1) is 6.54 Å². The van der Waals surface area contributed by atoms with Gasteiger partial charge in [0.15, 0.2) is 5.17 Å². The van der Waals surface area contributed by atoms with Crippen LogP contribution in [-0.4, -0.2) is 35.5 Å². The Bertz CT molecular complexity index is 315. The molecule has 2 fully saturated rings. The molecule has 1 aliphatic carbocycles. The van der Waals surface area contributed by atoms with E-state index >= 15 is 0 Å². The molecule has 0 radical (unpaired) electrons. The van der Waals surface area contributed by atoms with Gasteiger partial charge in [-0.15, -0.1) is 0 Å². The zero-order valence-electron chi connectivity index (χ0n) is 10.5. The Kier molecular flexibility index (Phi) is 4.31. The van der Waals surface area contributed by atoms with E-state index in [-0.39, 0.29) is 5.91 Å². The number of nitrogens with one attached hydrogen (secondary N) is 2. The average molecular weight is 255 g/mol. The van der Waals surface area contributed by atoms with Crippen molar-refractivity contribution in [3.8, 4) is 0 Å². The third-order valence-electron chi connectivity index (χ3n) is 3.22. The Labute approximate surface area is 107 Å². The summed E-state index contributed by atoms with van der Waals surface area (Å²) in [5.41, 5.74) is 0. The van der Waals surface area contributed by atoms with Gasteiger partial charge < -0.3 is 10.6 Å². The van der Waals surface area contributed by atoms with Gasteiger partial charge in [0, 0.05) is 24.3 Å². The van der Waals surface area contributed by atoms with E-state index in [4.69, 9.17) is 0 Å². The van der Waals surface area contributed by atoms with Gasteiger partial charge in [0.25, 0.3) is 0 Å². The molecule has 2 N–H and O–H groups in total. The summed E-state index contributed by atoms with van der Waals surface area (Å²) in [5, 5.41) is 7.34. The molecule has 1 saturated carbocycles. The van der Waals surface area contributed by atoms with Crippen LogP contribution in [0.4, 0.5) is 0 Å². The second-order valence-corrected chi connectivity index (χ2v) is 6.01. The molecule has 17 heavy (non-hydrogen) atoms. The number of hydrogen-bond acceptors (Lipinski definition) is 3. The highest BCUT2D eigenvalue weighted by Gasteiger charge is 2.23. The van der Waals surface area contributed by atoms with Crippen molar-refractivity contribution in [3.05, 3.63) is 0 Å². The summed E-state index contributed by atoms with van der Waals surface area (Å²) >= 11 is 1.76. The van der Waals surface area contributed by atoms with Crippen LogP contribution < -0.4 is 10.6 Å². The fourth-order valence-electron chi connectivity index (χ4n) is 1.61. The van der Waals surface area contributed by atoms with Gasteiger partial charge in [-0.3, -0.25) is 9.79 Å². The number of carbonyl (C=O) groups excluding carboxylic acids is 1. The van der Waals surface area contributed by atoms with Crippen molar-refractivity contribution in [2.24, 2.45) is 10.9 Å². The molecule has 0 bridgehead atoms. The molecule has 96 valence electrons. The van der Waals surface area contributed by atoms with E-state index in [0.717, 1.165) is 23.8 Å². The minimum atomic E-state index is 0.138. The van der Waals surface area contributed by atoms with Crippen LogP contribution in [0.1, 0.15) is 33.1 Å². The summed E-state index contributed by atoms with van der Waals surface area (Å²) in [6, 6.07) is 0.938. The third-order valence-corrected chi connectivity index (χ3v) is 4.44. The van der Waals surface area contributed by atoms with Crippen LogP contribution in [0.5, 0.6) is 0 Å². The first-order valence-corrected chi connectivity index (χ1v) is 7.37. The Morgan fingerprint density at radius 2 is 2.29 bits per heavy atom. The van der Waals surface area contributed by atoms with Crippen LogP contribution in [0.2, 0.25) is 0 Å². The maximum atomic E-state index is 11.4. The predicted octanol–water partition coefficient (Wildman–Crippen LogP) is 1.37. The predicted molar refractivity (Wildman–Crippen MR) is 72.3 cm³/mol. The zero-order valence-corrected chi connectivity index (χ0v) is 11.3. The van der Waals surface area contributed by atoms with E-state index in [1.165, 1.54) is 0 Å². The van der Waals surface area contributed by atoms with Crippen LogP contribution in [0.25, 0.3) is 0 Å². The van der Waals surface area contributed by atoms with Crippen molar-refractivity contribution in [2.75, 3.05) is 12.3 Å². The van der Waals surface area contributed by atoms with Crippen molar-refractivity contribution in [1.29, 1.82) is 0 Å². The molecule has 4 nitrogen and oxygen atoms in total. The number of aliphatic imine (C=N–C) groups is 1. The second kappa shape index (κ2) is 5.76. The monoisotopic (exact) mass is 255 g/mol. The molecular weight excluding hydrogens is 234 g/mol. The molecule has 1 aliphatic heterocycles. The number of thioether (sulfide) groups is 1. The first-order chi connectivity index (χ1) is 8.15. The first-order valence-electron chi connectivity index (χ1n) is 6.38. The van der Waals surface area contributed by atoms with E-state index in [0.29, 0.717) is 31.0 Å². The Balaban J connectivity index is 1.67. The molecular formula is C12H21N3OS. The highest BCUT2D eigenvalue weighted by molar-refractivity contribution is 8.13. The van der Waals surface area contributed by atoms with Gasteiger partial charge in [-0.2, -0.15) is 0 Å². The number of amides is 1. The summed E-state index contributed by atoms with van der Waals surface area (Å²) in [6.45, 7) is 5.01. The minimum Gasteiger partial charge on any atom is -0.362 e. The molecule has 0 spiro atoms. The Morgan fingerprint density at radius 3 is 2.94 bits per heavy atom. The van der Waals surface area contributed by atoms with Crippen LogP contribution in [0, 0.1) is 5.92 Å². The number of hydrogen-bond donors (Lipinski definition) is 2. The third kappa shape index (κ3) is 4.22. The largest absolute Gasteiger partial charge is 0.362 e. The zero-order chi connectivity index (χ0) is 12.3. The van der Waals surface area contributed by atoms with E-state index in [9.17, 15) is 4.79 Å². The maximum absolute atomic E-state index is 11.4. The first kappa shape index (κ1) is 12.7. The topological polar surface area (TPSA) is 53.5 Å². The molecule has 0 aromatic rings. The standard InChI is InChI=1S/C12H21N3OS/c1-8-7-17-12(14-9(8)2)13-6-5-11(16)15-10-3-4-10/h8-10H,3-7H2,1-2H3,(H,13,14)(H,15,16). The molecule has 1 heterocycles. The van der Waals surface area contributed by atoms with Gasteiger partial charge in [0.2, 0.25) is 5.91 Å². The van der Waals surface area contributed by atoms with E-state index in [1.807, 2.05) is 0 Å². The lowest BCUT2D eigenvalue weighted by atomic mass is 10.1. The summed E-state index contributed by atoms with van der Waals surface area (Å²) in [4.78, 5) is 15.9. The van der Waals surface area contributed by atoms with Gasteiger partial charge in [-0.25, -0.2) is 0 Å². The van der Waals surface area contributed by atoms with Gasteiger partial charge in [-0.1, -0.05) is 18.7 Å². The van der Waals surface area contributed by atoms with Crippen molar-refractivity contribution in [2.45, 2.75) is 45.2 Å². The lowest BCUT2D eigenvalue weighted by molar-refractivity contribution is -0.121. The van der Waals surface area contributed by atoms with E-state index < -0.39 is 0 Å². The van der Waals surface area contributed by atoms with Crippen molar-refractivity contribution in [1.82, 2.24) is 10.6 Å². The van der Waals surface area contributed by atoms with Gasteiger partial charge in [-0.05, 0) is 25.7 Å². The quantitative estimate of drug-likeness (QED) is 0.798. The molecule has 2 aliphatic rings. The summed E-state index contributed by atoms with van der Waals surface area (Å²) < 4.78 is 0. The molecule has 2 atom stereocenters. The molecule has 0 aromatic carbocycles. The summed E-state index contributed by atoms with van der Waals surface area (Å²) in [5.74, 6) is 1.93.